The van der Waals surface area contributed by atoms with Crippen molar-refractivity contribution in [1.82, 2.24) is 4.72 Å². The summed E-state index contributed by atoms with van der Waals surface area (Å²) >= 11 is 7.71. The van der Waals surface area contributed by atoms with E-state index in [2.05, 4.69) is 79.0 Å². The average Bonchev–Trinajstić information content (AvgIpc) is 2.90. The molecule has 0 atom stereocenters. The number of nitrogens with zero attached hydrogens (tertiary/aromatic N) is 1. The maximum absolute atomic E-state index is 11.7. The Hall–Kier alpha value is -3.45. The minimum absolute atomic E-state index is 0.0786. The first-order valence-corrected chi connectivity index (χ1v) is 13.7. The molecule has 38 heavy (non-hydrogen) atoms. The number of hydrogen-bond donors (Lipinski definition) is 3. The Morgan fingerprint density at radius 2 is 1.68 bits per heavy atom. The van der Waals surface area contributed by atoms with Crippen molar-refractivity contribution >= 4 is 52.3 Å². The second-order valence-electron chi connectivity index (χ2n) is 9.76. The van der Waals surface area contributed by atoms with Gasteiger partial charge in [-0.25, -0.2) is 9.52 Å². The van der Waals surface area contributed by atoms with E-state index in [1.165, 1.54) is 5.56 Å². The van der Waals surface area contributed by atoms with Crippen LogP contribution in [0, 0.1) is 12.8 Å². The Balaban J connectivity index is 0.000000786. The SMILES string of the molecule is CC(C)C.Cc1ccc(Nc2cc3c(cc2-c2ccc(Cl)c(C(=O)O)c2)SNCN3c2ccccc2)cc1. The number of anilines is 4. The number of aromatic carboxylic acids is 1. The molecule has 0 aromatic heterocycles. The van der Waals surface area contributed by atoms with Gasteiger partial charge in [-0.15, -0.1) is 0 Å². The number of rotatable bonds is 5. The van der Waals surface area contributed by atoms with Gasteiger partial charge in [-0.1, -0.05) is 74.3 Å². The standard InChI is InChI=1S/C27H22ClN3O2S.C4H10/c1-17-7-10-19(11-8-17)30-24-15-25-26(34-29-16-31(25)20-5-3-2-4-6-20)14-21(24)18-9-12-23(28)22(13-18)27(32)33;1-4(2)3/h2-15,29-30H,16H2,1H3,(H,32,33);4H,1-3H3. The molecule has 0 saturated carbocycles. The summed E-state index contributed by atoms with van der Waals surface area (Å²) in [6, 6.07) is 27.7. The van der Waals surface area contributed by atoms with Gasteiger partial charge in [-0.05, 0) is 78.9 Å². The van der Waals surface area contributed by atoms with Crippen LogP contribution in [0.15, 0.2) is 89.8 Å². The van der Waals surface area contributed by atoms with Gasteiger partial charge in [0.05, 0.1) is 22.9 Å². The Kier molecular flexibility index (Phi) is 9.00. The smallest absolute Gasteiger partial charge is 0.337 e. The summed E-state index contributed by atoms with van der Waals surface area (Å²) in [5, 5.41) is 13.4. The van der Waals surface area contributed by atoms with Gasteiger partial charge in [0.25, 0.3) is 0 Å². The first-order chi connectivity index (χ1) is 18.2. The lowest BCUT2D eigenvalue weighted by molar-refractivity contribution is 0.0697. The molecule has 1 aliphatic heterocycles. The van der Waals surface area contributed by atoms with Crippen LogP contribution >= 0.6 is 23.5 Å². The Morgan fingerprint density at radius 1 is 1.00 bits per heavy atom. The fourth-order valence-electron chi connectivity index (χ4n) is 3.95. The maximum atomic E-state index is 11.7. The van der Waals surface area contributed by atoms with E-state index in [-0.39, 0.29) is 10.6 Å². The number of halogens is 1. The van der Waals surface area contributed by atoms with Crippen LogP contribution in [0.25, 0.3) is 11.1 Å². The minimum Gasteiger partial charge on any atom is -0.478 e. The zero-order valence-electron chi connectivity index (χ0n) is 22.0. The van der Waals surface area contributed by atoms with Crippen LogP contribution in [0.4, 0.5) is 22.7 Å². The number of carboxylic acids is 1. The van der Waals surface area contributed by atoms with Gasteiger partial charge in [0.2, 0.25) is 0 Å². The average molecular weight is 546 g/mol. The highest BCUT2D eigenvalue weighted by atomic mass is 35.5. The molecule has 4 aromatic rings. The van der Waals surface area contributed by atoms with Crippen LogP contribution in [0.3, 0.4) is 0 Å². The van der Waals surface area contributed by atoms with Crippen LogP contribution in [0.2, 0.25) is 5.02 Å². The monoisotopic (exact) mass is 545 g/mol. The first-order valence-electron chi connectivity index (χ1n) is 12.5. The van der Waals surface area contributed by atoms with Crippen molar-refractivity contribution in [2.75, 3.05) is 16.9 Å². The van der Waals surface area contributed by atoms with Crippen LogP contribution in [0.5, 0.6) is 0 Å². The van der Waals surface area contributed by atoms with Crippen molar-refractivity contribution in [2.24, 2.45) is 5.92 Å². The van der Waals surface area contributed by atoms with Gasteiger partial charge in [-0.2, -0.15) is 0 Å². The van der Waals surface area contributed by atoms with Gasteiger partial charge in [0.1, 0.15) is 0 Å². The van der Waals surface area contributed by atoms with E-state index in [9.17, 15) is 9.90 Å². The number of carbonyl (C=O) groups is 1. The van der Waals surface area contributed by atoms with Crippen molar-refractivity contribution in [3.05, 3.63) is 101 Å². The third kappa shape index (κ3) is 6.70. The molecule has 5 rings (SSSR count). The van der Waals surface area contributed by atoms with Crippen molar-refractivity contribution < 1.29 is 9.90 Å². The Morgan fingerprint density at radius 3 is 2.34 bits per heavy atom. The normalized spacial score (nSPS) is 12.4. The summed E-state index contributed by atoms with van der Waals surface area (Å²) in [6.45, 7) is 9.21. The number of hydrogen-bond acceptors (Lipinski definition) is 5. The van der Waals surface area contributed by atoms with Gasteiger partial charge in [0, 0.05) is 27.5 Å². The lowest BCUT2D eigenvalue weighted by Gasteiger charge is -2.32. The zero-order valence-corrected chi connectivity index (χ0v) is 23.5. The minimum atomic E-state index is -1.05. The topological polar surface area (TPSA) is 64.6 Å². The van der Waals surface area contributed by atoms with Gasteiger partial charge in [-0.3, -0.25) is 0 Å². The van der Waals surface area contributed by atoms with E-state index >= 15 is 0 Å². The molecule has 0 fully saturated rings. The lowest BCUT2D eigenvalue weighted by Crippen LogP contribution is -2.30. The molecule has 0 radical (unpaired) electrons. The molecule has 1 heterocycles. The highest BCUT2D eigenvalue weighted by Gasteiger charge is 2.22. The summed E-state index contributed by atoms with van der Waals surface area (Å²) in [4.78, 5) is 15.0. The van der Waals surface area contributed by atoms with E-state index in [4.69, 9.17) is 11.6 Å². The highest BCUT2D eigenvalue weighted by Crippen LogP contribution is 2.44. The zero-order chi connectivity index (χ0) is 27.2. The number of fused-ring (bicyclic) bond motifs is 1. The summed E-state index contributed by atoms with van der Waals surface area (Å²) in [6.07, 6.45) is 0. The van der Waals surface area contributed by atoms with Crippen LogP contribution < -0.4 is 14.9 Å². The molecule has 0 bridgehead atoms. The van der Waals surface area contributed by atoms with Crippen molar-refractivity contribution in [2.45, 2.75) is 32.6 Å². The van der Waals surface area contributed by atoms with Crippen LogP contribution in [-0.4, -0.2) is 17.7 Å². The van der Waals surface area contributed by atoms with Crippen LogP contribution in [-0.2, 0) is 0 Å². The lowest BCUT2D eigenvalue weighted by atomic mass is 9.99. The molecule has 4 aromatic carbocycles. The number of carboxylic acid groups (broad SMARTS) is 1. The summed E-state index contributed by atoms with van der Waals surface area (Å²) in [5.41, 5.74) is 6.91. The molecule has 0 unspecified atom stereocenters. The van der Waals surface area contributed by atoms with Gasteiger partial charge >= 0.3 is 5.97 Å². The summed E-state index contributed by atoms with van der Waals surface area (Å²) in [7, 11) is 0. The number of aryl methyl sites for hydroxylation is 1. The van der Waals surface area contributed by atoms with Gasteiger partial charge in [0.15, 0.2) is 0 Å². The number of para-hydroxylation sites is 1. The van der Waals surface area contributed by atoms with E-state index in [1.807, 2.05) is 36.4 Å². The molecule has 7 heteroatoms. The first kappa shape index (κ1) is 27.6. The molecule has 196 valence electrons. The molecule has 0 aliphatic carbocycles. The number of nitrogens with one attached hydrogen (secondary N) is 2. The van der Waals surface area contributed by atoms with Crippen molar-refractivity contribution in [3.8, 4) is 11.1 Å². The largest absolute Gasteiger partial charge is 0.478 e. The molecule has 3 N–H and O–H groups in total. The fourth-order valence-corrected chi connectivity index (χ4v) is 4.95. The van der Waals surface area contributed by atoms with E-state index in [1.54, 1.807) is 24.1 Å². The summed E-state index contributed by atoms with van der Waals surface area (Å²) < 4.78 is 3.39. The molecule has 0 spiro atoms. The van der Waals surface area contributed by atoms with Crippen LogP contribution in [0.1, 0.15) is 36.7 Å². The third-order valence-corrected chi connectivity index (χ3v) is 6.85. The highest BCUT2D eigenvalue weighted by molar-refractivity contribution is 7.97. The second kappa shape index (κ2) is 12.4. The second-order valence-corrected chi connectivity index (χ2v) is 11.1. The molecule has 0 amide bonds. The Labute approximate surface area is 234 Å². The fraction of sp³-hybridized carbons (Fsp3) is 0.194. The molecule has 0 saturated heterocycles. The third-order valence-electron chi connectivity index (χ3n) is 5.70. The van der Waals surface area contributed by atoms with E-state index < -0.39 is 5.97 Å². The van der Waals surface area contributed by atoms with Crippen molar-refractivity contribution in [3.63, 3.8) is 0 Å². The molecule has 5 nitrogen and oxygen atoms in total. The summed E-state index contributed by atoms with van der Waals surface area (Å²) in [5.74, 6) is -0.218. The molecular weight excluding hydrogens is 514 g/mol. The molecular formula is C31H32ClN3O2S. The predicted molar refractivity (Wildman–Crippen MR) is 161 cm³/mol. The quantitative estimate of drug-likeness (QED) is 0.217. The molecule has 1 aliphatic rings. The van der Waals surface area contributed by atoms with Crippen molar-refractivity contribution in [1.29, 1.82) is 0 Å². The maximum Gasteiger partial charge on any atom is 0.337 e. The Bertz CT molecular complexity index is 1410. The van der Waals surface area contributed by atoms with Gasteiger partial charge < -0.3 is 15.3 Å². The predicted octanol–water partition coefficient (Wildman–Crippen LogP) is 9.13. The number of benzene rings is 4. The van der Waals surface area contributed by atoms with E-state index in [0.29, 0.717) is 6.67 Å². The van der Waals surface area contributed by atoms with E-state index in [0.717, 1.165) is 44.7 Å².